The number of benzene rings is 3. The fourth-order valence-corrected chi connectivity index (χ4v) is 4.11. The molecule has 3 aromatic carbocycles. The summed E-state index contributed by atoms with van der Waals surface area (Å²) in [5.41, 5.74) is 8.38. The molecule has 0 aromatic heterocycles. The predicted octanol–water partition coefficient (Wildman–Crippen LogP) is 5.76. The molecule has 1 aliphatic heterocycles. The molecule has 144 valence electrons. The van der Waals surface area contributed by atoms with Crippen LogP contribution >= 0.6 is 0 Å². The number of para-hydroxylation sites is 1. The zero-order valence-corrected chi connectivity index (χ0v) is 16.9. The van der Waals surface area contributed by atoms with Crippen molar-refractivity contribution in [2.45, 2.75) is 45.1 Å². The smallest absolute Gasteiger partial charge is 0.119 e. The fraction of sp³-hybridized carbons (Fsp3) is 0.308. The lowest BCUT2D eigenvalue weighted by Crippen LogP contribution is -2.16. The normalized spacial score (nSPS) is 15.1. The molecule has 0 saturated carbocycles. The molecule has 2 heteroatoms. The average molecular weight is 372 g/mol. The molecule has 3 aromatic rings. The van der Waals surface area contributed by atoms with E-state index in [2.05, 4.69) is 72.9 Å². The Kier molecular flexibility index (Phi) is 5.66. The van der Waals surface area contributed by atoms with Crippen LogP contribution < -0.4 is 10.1 Å². The van der Waals surface area contributed by atoms with Gasteiger partial charge in [-0.05, 0) is 73.4 Å². The van der Waals surface area contributed by atoms with E-state index in [0.29, 0.717) is 6.04 Å². The molecule has 1 unspecified atom stereocenters. The quantitative estimate of drug-likeness (QED) is 0.570. The van der Waals surface area contributed by atoms with E-state index in [0.717, 1.165) is 37.9 Å². The number of ether oxygens (including phenoxy) is 1. The maximum Gasteiger partial charge on any atom is 0.119 e. The van der Waals surface area contributed by atoms with E-state index in [9.17, 15) is 0 Å². The van der Waals surface area contributed by atoms with Crippen LogP contribution in [0, 0.1) is 6.92 Å². The summed E-state index contributed by atoms with van der Waals surface area (Å²) in [6.45, 7) is 2.14. The highest BCUT2D eigenvalue weighted by Gasteiger charge is 2.22. The van der Waals surface area contributed by atoms with Crippen molar-refractivity contribution in [2.75, 3.05) is 12.4 Å². The molecule has 0 radical (unpaired) electrons. The van der Waals surface area contributed by atoms with Gasteiger partial charge in [-0.15, -0.1) is 0 Å². The van der Waals surface area contributed by atoms with Crippen molar-refractivity contribution in [1.82, 2.24) is 0 Å². The van der Waals surface area contributed by atoms with Crippen molar-refractivity contribution in [3.63, 3.8) is 0 Å². The molecular formula is C26H29NO. The van der Waals surface area contributed by atoms with Crippen molar-refractivity contribution in [2.24, 2.45) is 0 Å². The number of fused-ring (bicyclic) bond motifs is 1. The molecule has 2 nitrogen and oxygen atoms in total. The minimum atomic E-state index is 0.515. The van der Waals surface area contributed by atoms with Crippen LogP contribution in [0.5, 0.6) is 5.75 Å². The largest absolute Gasteiger partial charge is 0.497 e. The van der Waals surface area contributed by atoms with E-state index >= 15 is 0 Å². The minimum absolute atomic E-state index is 0.515. The number of nitrogens with one attached hydrogen (secondary N) is 1. The van der Waals surface area contributed by atoms with Crippen LogP contribution in [0.25, 0.3) is 0 Å². The maximum absolute atomic E-state index is 5.35. The van der Waals surface area contributed by atoms with Crippen LogP contribution in [-0.2, 0) is 25.7 Å². The lowest BCUT2D eigenvalue weighted by Gasteiger charge is -2.13. The Hall–Kier alpha value is -2.74. The van der Waals surface area contributed by atoms with E-state index in [1.165, 1.54) is 33.5 Å². The molecule has 0 aliphatic carbocycles. The first-order valence-corrected chi connectivity index (χ1v) is 10.3. The fourth-order valence-electron chi connectivity index (χ4n) is 4.11. The molecule has 0 fully saturated rings. The van der Waals surface area contributed by atoms with Crippen molar-refractivity contribution in [3.8, 4) is 5.75 Å². The van der Waals surface area contributed by atoms with Crippen LogP contribution in [0.3, 0.4) is 0 Å². The summed E-state index contributed by atoms with van der Waals surface area (Å²) in [7, 11) is 1.73. The van der Waals surface area contributed by atoms with Crippen LogP contribution in [0.2, 0.25) is 0 Å². The van der Waals surface area contributed by atoms with Crippen LogP contribution in [-0.4, -0.2) is 13.2 Å². The molecule has 1 atom stereocenters. The second-order valence-electron chi connectivity index (χ2n) is 7.87. The van der Waals surface area contributed by atoms with Crippen molar-refractivity contribution < 1.29 is 4.74 Å². The summed E-state index contributed by atoms with van der Waals surface area (Å²) in [4.78, 5) is 0. The molecule has 0 amide bonds. The number of aryl methyl sites for hydroxylation is 4. The van der Waals surface area contributed by atoms with Crippen LogP contribution in [0.1, 0.15) is 34.2 Å². The summed E-state index contributed by atoms with van der Waals surface area (Å²) in [6.07, 6.45) is 5.51. The summed E-state index contributed by atoms with van der Waals surface area (Å²) >= 11 is 0. The zero-order chi connectivity index (χ0) is 19.3. The molecular weight excluding hydrogens is 342 g/mol. The summed E-state index contributed by atoms with van der Waals surface area (Å²) in [5.74, 6) is 0.943. The molecule has 1 aliphatic rings. The topological polar surface area (TPSA) is 21.3 Å². The third-order valence-electron chi connectivity index (χ3n) is 5.77. The molecule has 4 rings (SSSR count). The standard InChI is InChI=1S/C26H29NO/c1-19-9-11-20(12-10-19)13-15-22-6-4-7-23-18-24(27-26(22)23)16-14-21-5-3-8-25(17-21)28-2/h3-12,17,24,27H,13-16,18H2,1-2H3. The Morgan fingerprint density at radius 2 is 1.71 bits per heavy atom. The predicted molar refractivity (Wildman–Crippen MR) is 117 cm³/mol. The summed E-state index contributed by atoms with van der Waals surface area (Å²) in [6, 6.07) is 24.6. The van der Waals surface area contributed by atoms with Gasteiger partial charge in [0.2, 0.25) is 0 Å². The average Bonchev–Trinajstić information content (AvgIpc) is 3.16. The Balaban J connectivity index is 1.37. The molecule has 1 heterocycles. The van der Waals surface area contributed by atoms with Gasteiger partial charge in [-0.3, -0.25) is 0 Å². The third kappa shape index (κ3) is 4.39. The van der Waals surface area contributed by atoms with Crippen molar-refractivity contribution >= 4 is 5.69 Å². The molecule has 28 heavy (non-hydrogen) atoms. The van der Waals surface area contributed by atoms with Gasteiger partial charge in [-0.25, -0.2) is 0 Å². The second kappa shape index (κ2) is 8.52. The van der Waals surface area contributed by atoms with Gasteiger partial charge in [0.05, 0.1) is 7.11 Å². The Bertz CT molecular complexity index is 929. The van der Waals surface area contributed by atoms with Gasteiger partial charge in [0, 0.05) is 11.7 Å². The van der Waals surface area contributed by atoms with Crippen LogP contribution in [0.4, 0.5) is 5.69 Å². The lowest BCUT2D eigenvalue weighted by molar-refractivity contribution is 0.414. The van der Waals surface area contributed by atoms with E-state index in [1.54, 1.807) is 7.11 Å². The minimum Gasteiger partial charge on any atom is -0.497 e. The second-order valence-corrected chi connectivity index (χ2v) is 7.87. The summed E-state index contributed by atoms with van der Waals surface area (Å²) < 4.78 is 5.35. The Labute approximate surface area is 168 Å². The van der Waals surface area contributed by atoms with Gasteiger partial charge in [-0.1, -0.05) is 60.2 Å². The highest BCUT2D eigenvalue weighted by Crippen LogP contribution is 2.32. The van der Waals surface area contributed by atoms with Crippen molar-refractivity contribution in [1.29, 1.82) is 0 Å². The number of anilines is 1. The van der Waals surface area contributed by atoms with E-state index < -0.39 is 0 Å². The third-order valence-corrected chi connectivity index (χ3v) is 5.77. The van der Waals surface area contributed by atoms with E-state index in [4.69, 9.17) is 4.74 Å². The molecule has 0 bridgehead atoms. The number of methoxy groups -OCH3 is 1. The molecule has 1 N–H and O–H groups in total. The van der Waals surface area contributed by atoms with Gasteiger partial charge in [0.1, 0.15) is 5.75 Å². The molecule has 0 saturated heterocycles. The highest BCUT2D eigenvalue weighted by atomic mass is 16.5. The van der Waals surface area contributed by atoms with Gasteiger partial charge in [0.25, 0.3) is 0 Å². The first kappa shape index (κ1) is 18.6. The van der Waals surface area contributed by atoms with Gasteiger partial charge in [-0.2, -0.15) is 0 Å². The Morgan fingerprint density at radius 1 is 0.893 bits per heavy atom. The molecule has 0 spiro atoms. The monoisotopic (exact) mass is 371 g/mol. The van der Waals surface area contributed by atoms with E-state index in [-0.39, 0.29) is 0 Å². The van der Waals surface area contributed by atoms with Gasteiger partial charge in [0.15, 0.2) is 0 Å². The number of rotatable bonds is 7. The van der Waals surface area contributed by atoms with E-state index in [1.807, 2.05) is 6.07 Å². The van der Waals surface area contributed by atoms with Crippen LogP contribution in [0.15, 0.2) is 66.7 Å². The Morgan fingerprint density at radius 3 is 2.54 bits per heavy atom. The van der Waals surface area contributed by atoms with Gasteiger partial charge < -0.3 is 10.1 Å². The first-order valence-electron chi connectivity index (χ1n) is 10.3. The number of hydrogen-bond donors (Lipinski definition) is 1. The number of hydrogen-bond acceptors (Lipinski definition) is 2. The first-order chi connectivity index (χ1) is 13.7. The maximum atomic E-state index is 5.35. The lowest BCUT2D eigenvalue weighted by atomic mass is 9.99. The zero-order valence-electron chi connectivity index (χ0n) is 16.9. The van der Waals surface area contributed by atoms with Crippen molar-refractivity contribution in [3.05, 3.63) is 94.5 Å². The highest BCUT2D eigenvalue weighted by molar-refractivity contribution is 5.62. The van der Waals surface area contributed by atoms with Gasteiger partial charge >= 0.3 is 0 Å². The SMILES string of the molecule is COc1cccc(CCC2Cc3cccc(CCc4ccc(C)cc4)c3N2)c1. The summed E-state index contributed by atoms with van der Waals surface area (Å²) in [5, 5.41) is 3.82.